The number of unbranched alkanes of at least 4 members (excludes halogenated alkanes) is 3. The quantitative estimate of drug-likeness (QED) is 0.0450. The molecule has 6 aliphatic rings. The first kappa shape index (κ1) is 81.4. The van der Waals surface area contributed by atoms with Crippen LogP contribution in [0.3, 0.4) is 0 Å². The molecule has 0 amide bonds. The molecule has 6 saturated heterocycles. The summed E-state index contributed by atoms with van der Waals surface area (Å²) >= 11 is 0. The number of piperidine rings is 6. The number of nitrogens with zero attached hydrogens (tertiary/aromatic N) is 9. The number of benzene rings is 3. The van der Waals surface area contributed by atoms with Gasteiger partial charge in [0.25, 0.3) is 0 Å². The molecule has 3 aromatic heterocycles. The van der Waals surface area contributed by atoms with Crippen LogP contribution in [0.15, 0.2) is 67.8 Å². The number of carbonyl (C=O) groups is 3. The summed E-state index contributed by atoms with van der Waals surface area (Å²) in [6.45, 7) is 46.7. The van der Waals surface area contributed by atoms with E-state index in [1.807, 2.05) is 13.8 Å². The standard InChI is InChI=1S/2C30H45N3O2.C28H39F2N3O2/c1-21-14-22(2)17-27(16-21)30-31-28(25(5)35-30)20-32-12-9-26(10-13-32)29(34)8-6-7-11-33-18-23(3)15-24(4)19-33;1-21-9-10-27(24(4)17-21)30-31-28(25(5)35-30)20-32-14-11-26(12-15-32)29(34)8-6-7-13-33-18-22(2)16-23(3)19-33;1-19-15-20(2)17-33(16-19)12-5-4-9-26(34)22-10-13-32(14-11-22)18-25-21(3)35-28(31-25)27-23(29)7-6-8-24(27)30/h14,16-17,23-24,26H,6-13,15,18-20H2,1-5H3;9-10,17,22-23,26H,6-8,11-16,18-20H2,1-5H3;6-8,19-20,22H,4-5,9-18H2,1-3H3/t23-,24+;22-,23+;19-,20+. The molecule has 15 nitrogen and oxygen atoms in total. The third-order valence-corrected chi connectivity index (χ3v) is 23.5. The van der Waals surface area contributed by atoms with Crippen molar-refractivity contribution in [3.05, 3.63) is 123 Å². The van der Waals surface area contributed by atoms with E-state index in [-0.39, 0.29) is 29.2 Å². The molecule has 0 bridgehead atoms. The van der Waals surface area contributed by atoms with Crippen molar-refractivity contribution < 1.29 is 36.4 Å². The second-order valence-electron chi connectivity index (χ2n) is 33.9. The van der Waals surface area contributed by atoms with E-state index in [2.05, 4.69) is 140 Å². The Morgan fingerprint density at radius 3 is 1.10 bits per heavy atom. The summed E-state index contributed by atoms with van der Waals surface area (Å²) < 4.78 is 45.9. The van der Waals surface area contributed by atoms with Gasteiger partial charge in [0.1, 0.15) is 51.8 Å². The zero-order valence-corrected chi connectivity index (χ0v) is 66.6. The van der Waals surface area contributed by atoms with Crippen LogP contribution in [-0.2, 0) is 34.0 Å². The van der Waals surface area contributed by atoms with Crippen molar-refractivity contribution in [2.75, 3.05) is 98.2 Å². The summed E-state index contributed by atoms with van der Waals surface area (Å²) in [4.78, 5) is 67.4. The van der Waals surface area contributed by atoms with Gasteiger partial charge in [0.2, 0.25) is 17.7 Å². The number of hydrogen-bond acceptors (Lipinski definition) is 15. The number of hydrogen-bond donors (Lipinski definition) is 0. The lowest BCUT2D eigenvalue weighted by Crippen LogP contribution is -2.39. The topological polar surface area (TPSA) is 149 Å². The maximum atomic E-state index is 14.1. The van der Waals surface area contributed by atoms with E-state index >= 15 is 0 Å². The maximum absolute atomic E-state index is 14.1. The molecule has 6 aromatic rings. The van der Waals surface area contributed by atoms with Crippen LogP contribution in [0.4, 0.5) is 8.78 Å². The number of likely N-dealkylation sites (tertiary alicyclic amines) is 6. The molecule has 105 heavy (non-hydrogen) atoms. The van der Waals surface area contributed by atoms with Crippen LogP contribution in [0.5, 0.6) is 0 Å². The molecule has 6 atom stereocenters. The Morgan fingerprint density at radius 1 is 0.400 bits per heavy atom. The summed E-state index contributed by atoms with van der Waals surface area (Å²) in [6, 6.07) is 16.5. The molecule has 6 aliphatic heterocycles. The summed E-state index contributed by atoms with van der Waals surface area (Å²) in [7, 11) is 0. The molecule has 6 fully saturated rings. The number of carbonyl (C=O) groups excluding carboxylic acids is 3. The van der Waals surface area contributed by atoms with Crippen molar-refractivity contribution in [1.82, 2.24) is 44.4 Å². The lowest BCUT2D eigenvalue weighted by atomic mass is 9.89. The minimum absolute atomic E-state index is 0.0216. The van der Waals surface area contributed by atoms with Crippen molar-refractivity contribution in [1.29, 1.82) is 0 Å². The minimum Gasteiger partial charge on any atom is -0.441 e. The predicted molar refractivity (Wildman–Crippen MR) is 418 cm³/mol. The second-order valence-corrected chi connectivity index (χ2v) is 33.9. The van der Waals surface area contributed by atoms with Gasteiger partial charge in [-0.25, -0.2) is 23.7 Å². The Morgan fingerprint density at radius 2 is 0.733 bits per heavy atom. The van der Waals surface area contributed by atoms with Crippen molar-refractivity contribution in [3.8, 4) is 34.4 Å². The van der Waals surface area contributed by atoms with Gasteiger partial charge in [-0.2, -0.15) is 0 Å². The largest absolute Gasteiger partial charge is 0.441 e. The zero-order chi connectivity index (χ0) is 74.8. The van der Waals surface area contributed by atoms with E-state index in [9.17, 15) is 23.2 Å². The van der Waals surface area contributed by atoms with E-state index in [0.29, 0.717) is 53.6 Å². The van der Waals surface area contributed by atoms with Crippen molar-refractivity contribution >= 4 is 17.3 Å². The smallest absolute Gasteiger partial charge is 0.232 e. The highest BCUT2D eigenvalue weighted by Gasteiger charge is 2.32. The fourth-order valence-corrected chi connectivity index (χ4v) is 18.2. The Bertz CT molecular complexity index is 3670. The van der Waals surface area contributed by atoms with Crippen LogP contribution in [0.25, 0.3) is 34.4 Å². The van der Waals surface area contributed by atoms with Crippen LogP contribution >= 0.6 is 0 Å². The second kappa shape index (κ2) is 39.3. The number of aryl methyl sites for hydroxylation is 7. The number of halogens is 2. The van der Waals surface area contributed by atoms with E-state index < -0.39 is 11.6 Å². The first-order valence-corrected chi connectivity index (χ1v) is 40.8. The molecule has 576 valence electrons. The van der Waals surface area contributed by atoms with Crippen molar-refractivity contribution in [2.45, 2.75) is 225 Å². The highest BCUT2D eigenvalue weighted by molar-refractivity contribution is 5.82. The molecule has 0 aliphatic carbocycles. The average molecular weight is 1450 g/mol. The van der Waals surface area contributed by atoms with E-state index in [1.165, 1.54) is 99.0 Å². The summed E-state index contributed by atoms with van der Waals surface area (Å²) in [5.74, 6) is 9.20. The Hall–Kier alpha value is -6.08. The first-order chi connectivity index (χ1) is 50.3. The Balaban J connectivity index is 0.000000169. The fourth-order valence-electron chi connectivity index (χ4n) is 18.2. The van der Waals surface area contributed by atoms with Gasteiger partial charge in [0.05, 0.1) is 17.1 Å². The zero-order valence-electron chi connectivity index (χ0n) is 66.6. The highest BCUT2D eigenvalue weighted by Crippen LogP contribution is 2.34. The highest BCUT2D eigenvalue weighted by atomic mass is 19.1. The molecule has 0 N–H and O–H groups in total. The summed E-state index contributed by atoms with van der Waals surface area (Å²) in [6.07, 6.45) is 18.3. The first-order valence-electron chi connectivity index (χ1n) is 40.8. The number of rotatable bonds is 27. The molecular weight excluding hydrogens is 1320 g/mol. The number of oxazole rings is 3. The van der Waals surface area contributed by atoms with Gasteiger partial charge >= 0.3 is 0 Å². The van der Waals surface area contributed by atoms with Gasteiger partial charge in [0, 0.05) is 107 Å². The predicted octanol–water partition coefficient (Wildman–Crippen LogP) is 18.2. The van der Waals surface area contributed by atoms with Gasteiger partial charge in [-0.05, 0) is 275 Å². The monoisotopic (exact) mass is 1450 g/mol. The molecule has 0 spiro atoms. The molecule has 0 saturated carbocycles. The normalized spacial score (nSPS) is 22.5. The van der Waals surface area contributed by atoms with Gasteiger partial charge < -0.3 is 28.0 Å². The molecular formula is C88H129F2N9O6. The molecule has 17 heteroatoms. The van der Waals surface area contributed by atoms with Gasteiger partial charge in [-0.1, -0.05) is 82.5 Å². The van der Waals surface area contributed by atoms with Crippen LogP contribution in [0, 0.1) is 113 Å². The molecule has 12 rings (SSSR count). The average Bonchev–Trinajstić information content (AvgIpc) is 1.65. The van der Waals surface area contributed by atoms with Gasteiger partial charge in [-0.15, -0.1) is 0 Å². The molecule has 0 unspecified atom stereocenters. The molecule has 9 heterocycles. The van der Waals surface area contributed by atoms with E-state index in [0.717, 1.165) is 231 Å². The third-order valence-electron chi connectivity index (χ3n) is 23.5. The molecule has 0 radical (unpaired) electrons. The lowest BCUT2D eigenvalue weighted by Gasteiger charge is -2.35. The fraction of sp³-hybridized carbons (Fsp3) is 0.659. The van der Waals surface area contributed by atoms with E-state index in [4.69, 9.17) is 23.2 Å². The van der Waals surface area contributed by atoms with E-state index in [1.54, 1.807) is 6.92 Å². The van der Waals surface area contributed by atoms with Crippen molar-refractivity contribution in [3.63, 3.8) is 0 Å². The Kier molecular flexibility index (Phi) is 30.5. The molecule has 3 aromatic carbocycles. The van der Waals surface area contributed by atoms with Crippen molar-refractivity contribution in [2.24, 2.45) is 53.3 Å². The summed E-state index contributed by atoms with van der Waals surface area (Å²) in [5, 5.41) is 0. The third kappa shape index (κ3) is 24.5. The van der Waals surface area contributed by atoms with Crippen LogP contribution in [-0.4, -0.2) is 160 Å². The maximum Gasteiger partial charge on any atom is 0.232 e. The van der Waals surface area contributed by atoms with Crippen LogP contribution in [0.1, 0.15) is 214 Å². The lowest BCUT2D eigenvalue weighted by molar-refractivity contribution is -0.125. The van der Waals surface area contributed by atoms with Crippen LogP contribution in [0.2, 0.25) is 0 Å². The SMILES string of the molecule is Cc1cc(C)cc(-c2nc(CN3CCC(C(=O)CCCCN4C[C@H](C)C[C@H](C)C4)CC3)c(C)o2)c1.Cc1ccc(-c2nc(CN3CCC(C(=O)CCCCN4C[C@H](C)C[C@H](C)C4)CC3)c(C)o2)c(C)c1.Cc1oc(-c2c(F)cccc2F)nc1CN1CCC(C(=O)CCCCN2C[C@H](C)C[C@H](C)C2)CC1. The Labute approximate surface area is 628 Å². The minimum atomic E-state index is -0.683. The number of Topliss-reactive ketones (excluding diaryl/α,β-unsaturated/α-hetero) is 3. The van der Waals surface area contributed by atoms with Gasteiger partial charge in [-0.3, -0.25) is 29.1 Å². The number of aromatic nitrogens is 3. The summed E-state index contributed by atoms with van der Waals surface area (Å²) in [5.41, 5.74) is 9.50. The van der Waals surface area contributed by atoms with Crippen LogP contribution < -0.4 is 0 Å². The van der Waals surface area contributed by atoms with Gasteiger partial charge in [0.15, 0.2) is 0 Å². The number of ketones is 3.